The molecule has 1 aromatic carbocycles. The van der Waals surface area contributed by atoms with E-state index < -0.39 is 17.9 Å². The van der Waals surface area contributed by atoms with Crippen molar-refractivity contribution < 1.29 is 24.1 Å². The Morgan fingerprint density at radius 2 is 2.00 bits per heavy atom. The summed E-state index contributed by atoms with van der Waals surface area (Å²) in [5.74, 6) is -0.944. The fourth-order valence-corrected chi connectivity index (χ4v) is 2.29. The Bertz CT molecular complexity index is 446. The van der Waals surface area contributed by atoms with Gasteiger partial charge in [-0.25, -0.2) is 4.79 Å². The van der Waals surface area contributed by atoms with Crippen molar-refractivity contribution in [2.75, 3.05) is 27.4 Å². The standard InChI is InChI=1S/C14H19NO5/c1-18-14(19-2)10-15(12(14)8-16)13(17)20-9-11-6-4-3-5-7-11/h3-7,12,16H,8-10H2,1-2H3. The molecule has 1 saturated heterocycles. The van der Waals surface area contributed by atoms with Gasteiger partial charge in [0.05, 0.1) is 13.2 Å². The van der Waals surface area contributed by atoms with Gasteiger partial charge in [-0.15, -0.1) is 0 Å². The molecule has 1 aromatic rings. The molecule has 0 aromatic heterocycles. The maximum atomic E-state index is 12.0. The molecule has 1 N–H and O–H groups in total. The van der Waals surface area contributed by atoms with Crippen LogP contribution in [0.3, 0.4) is 0 Å². The summed E-state index contributed by atoms with van der Waals surface area (Å²) in [5, 5.41) is 9.38. The molecule has 2 rings (SSSR count). The van der Waals surface area contributed by atoms with Crippen molar-refractivity contribution in [1.82, 2.24) is 4.90 Å². The van der Waals surface area contributed by atoms with Crippen LogP contribution in [0.15, 0.2) is 30.3 Å². The predicted octanol–water partition coefficient (Wildman–Crippen LogP) is 0.989. The summed E-state index contributed by atoms with van der Waals surface area (Å²) in [6.07, 6.45) is -0.488. The number of rotatable bonds is 5. The van der Waals surface area contributed by atoms with Crippen molar-refractivity contribution in [3.8, 4) is 0 Å². The van der Waals surface area contributed by atoms with Crippen LogP contribution in [0.5, 0.6) is 0 Å². The van der Waals surface area contributed by atoms with Gasteiger partial charge in [0, 0.05) is 14.2 Å². The number of carbonyl (C=O) groups is 1. The minimum Gasteiger partial charge on any atom is -0.445 e. The predicted molar refractivity (Wildman–Crippen MR) is 71.0 cm³/mol. The largest absolute Gasteiger partial charge is 0.445 e. The third-order valence-corrected chi connectivity index (χ3v) is 3.58. The molecule has 1 unspecified atom stereocenters. The lowest BCUT2D eigenvalue weighted by atomic mass is 9.96. The highest BCUT2D eigenvalue weighted by Crippen LogP contribution is 2.33. The smallest absolute Gasteiger partial charge is 0.410 e. The third kappa shape index (κ3) is 2.63. The Hall–Kier alpha value is -1.63. The van der Waals surface area contributed by atoms with E-state index in [1.807, 2.05) is 30.3 Å². The minimum atomic E-state index is -0.944. The van der Waals surface area contributed by atoms with E-state index in [-0.39, 0.29) is 19.8 Å². The second-order valence-electron chi connectivity index (χ2n) is 4.59. The molecule has 1 heterocycles. The van der Waals surface area contributed by atoms with Crippen molar-refractivity contribution in [3.05, 3.63) is 35.9 Å². The zero-order valence-corrected chi connectivity index (χ0v) is 11.6. The molecule has 1 aliphatic rings. The van der Waals surface area contributed by atoms with Crippen LogP contribution in [-0.2, 0) is 20.8 Å². The molecule has 0 radical (unpaired) electrons. The molecular formula is C14H19NO5. The summed E-state index contributed by atoms with van der Waals surface area (Å²) in [7, 11) is 2.97. The lowest BCUT2D eigenvalue weighted by Gasteiger charge is -2.53. The van der Waals surface area contributed by atoms with Crippen LogP contribution in [0.1, 0.15) is 5.56 Å². The molecule has 1 atom stereocenters. The highest BCUT2D eigenvalue weighted by Gasteiger charge is 2.56. The summed E-state index contributed by atoms with van der Waals surface area (Å²) in [5.41, 5.74) is 0.909. The molecule has 6 nitrogen and oxygen atoms in total. The van der Waals surface area contributed by atoms with E-state index in [1.165, 1.54) is 19.1 Å². The summed E-state index contributed by atoms with van der Waals surface area (Å²) in [4.78, 5) is 13.4. The first-order valence-corrected chi connectivity index (χ1v) is 6.35. The van der Waals surface area contributed by atoms with Crippen molar-refractivity contribution in [3.63, 3.8) is 0 Å². The number of nitrogens with zero attached hydrogens (tertiary/aromatic N) is 1. The van der Waals surface area contributed by atoms with Gasteiger partial charge in [-0.05, 0) is 5.56 Å². The molecule has 1 amide bonds. The van der Waals surface area contributed by atoms with Gasteiger partial charge < -0.3 is 19.3 Å². The molecule has 6 heteroatoms. The first-order valence-electron chi connectivity index (χ1n) is 6.35. The van der Waals surface area contributed by atoms with E-state index in [2.05, 4.69) is 0 Å². The van der Waals surface area contributed by atoms with Crippen molar-refractivity contribution >= 4 is 6.09 Å². The molecule has 20 heavy (non-hydrogen) atoms. The van der Waals surface area contributed by atoms with Gasteiger partial charge in [-0.1, -0.05) is 30.3 Å². The van der Waals surface area contributed by atoms with Gasteiger partial charge in [0.1, 0.15) is 12.6 Å². The summed E-state index contributed by atoms with van der Waals surface area (Å²) >= 11 is 0. The number of ether oxygens (including phenoxy) is 3. The van der Waals surface area contributed by atoms with Crippen LogP contribution in [-0.4, -0.2) is 55.3 Å². The quantitative estimate of drug-likeness (QED) is 0.815. The molecule has 0 spiro atoms. The Morgan fingerprint density at radius 1 is 1.35 bits per heavy atom. The Labute approximate surface area is 117 Å². The second kappa shape index (κ2) is 6.21. The molecule has 1 aliphatic heterocycles. The van der Waals surface area contributed by atoms with E-state index >= 15 is 0 Å². The molecule has 0 bridgehead atoms. The van der Waals surface area contributed by atoms with Crippen LogP contribution in [0.2, 0.25) is 0 Å². The second-order valence-corrected chi connectivity index (χ2v) is 4.59. The van der Waals surface area contributed by atoms with Gasteiger partial charge >= 0.3 is 6.09 Å². The molecule has 1 fully saturated rings. The number of aliphatic hydroxyl groups is 1. The summed E-state index contributed by atoms with van der Waals surface area (Å²) < 4.78 is 15.7. The average molecular weight is 281 g/mol. The van der Waals surface area contributed by atoms with Crippen LogP contribution in [0.25, 0.3) is 0 Å². The number of aliphatic hydroxyl groups excluding tert-OH is 1. The normalized spacial score (nSPS) is 20.4. The van der Waals surface area contributed by atoms with Crippen molar-refractivity contribution in [2.24, 2.45) is 0 Å². The van der Waals surface area contributed by atoms with Gasteiger partial charge in [-0.3, -0.25) is 4.90 Å². The average Bonchev–Trinajstić information content (AvgIpc) is 2.47. The number of hydrogen-bond donors (Lipinski definition) is 1. The highest BCUT2D eigenvalue weighted by atomic mass is 16.7. The maximum absolute atomic E-state index is 12.0. The fourth-order valence-electron chi connectivity index (χ4n) is 2.29. The summed E-state index contributed by atoms with van der Waals surface area (Å²) in [6.45, 7) is 0.183. The summed E-state index contributed by atoms with van der Waals surface area (Å²) in [6, 6.07) is 8.85. The molecule has 110 valence electrons. The van der Waals surface area contributed by atoms with Gasteiger partial charge in [0.2, 0.25) is 5.79 Å². The maximum Gasteiger partial charge on any atom is 0.410 e. The zero-order chi connectivity index (χ0) is 14.6. The van der Waals surface area contributed by atoms with E-state index in [1.54, 1.807) is 0 Å². The van der Waals surface area contributed by atoms with Crippen LogP contribution >= 0.6 is 0 Å². The number of likely N-dealkylation sites (tertiary alicyclic amines) is 1. The Morgan fingerprint density at radius 3 is 2.55 bits per heavy atom. The van der Waals surface area contributed by atoms with E-state index in [0.717, 1.165) is 5.56 Å². The fraction of sp³-hybridized carbons (Fsp3) is 0.500. The van der Waals surface area contributed by atoms with Crippen molar-refractivity contribution in [1.29, 1.82) is 0 Å². The van der Waals surface area contributed by atoms with Crippen LogP contribution in [0, 0.1) is 0 Å². The van der Waals surface area contributed by atoms with E-state index in [0.29, 0.717) is 0 Å². The Balaban J connectivity index is 1.91. The molecule has 0 saturated carbocycles. The number of amides is 1. The lowest BCUT2D eigenvalue weighted by molar-refractivity contribution is -0.305. The monoisotopic (exact) mass is 281 g/mol. The van der Waals surface area contributed by atoms with Gasteiger partial charge in [0.15, 0.2) is 0 Å². The number of hydrogen-bond acceptors (Lipinski definition) is 5. The third-order valence-electron chi connectivity index (χ3n) is 3.58. The van der Waals surface area contributed by atoms with E-state index in [9.17, 15) is 9.90 Å². The van der Waals surface area contributed by atoms with Crippen LogP contribution in [0.4, 0.5) is 4.79 Å². The minimum absolute atomic E-state index is 0.196. The number of methoxy groups -OCH3 is 2. The Kier molecular flexibility index (Phi) is 4.59. The van der Waals surface area contributed by atoms with Crippen molar-refractivity contribution in [2.45, 2.75) is 18.4 Å². The number of benzene rings is 1. The number of carbonyl (C=O) groups excluding carboxylic acids is 1. The first kappa shape index (κ1) is 14.8. The van der Waals surface area contributed by atoms with E-state index in [4.69, 9.17) is 14.2 Å². The lowest BCUT2D eigenvalue weighted by Crippen LogP contribution is -2.74. The topological polar surface area (TPSA) is 68.2 Å². The van der Waals surface area contributed by atoms with Crippen LogP contribution < -0.4 is 0 Å². The molecular weight excluding hydrogens is 262 g/mol. The molecule has 0 aliphatic carbocycles. The highest BCUT2D eigenvalue weighted by molar-refractivity contribution is 5.70. The SMILES string of the molecule is COC1(OC)CN(C(=O)OCc2ccccc2)C1CO. The first-order chi connectivity index (χ1) is 9.66. The van der Waals surface area contributed by atoms with Gasteiger partial charge in [0.25, 0.3) is 0 Å². The van der Waals surface area contributed by atoms with Gasteiger partial charge in [-0.2, -0.15) is 0 Å². The zero-order valence-electron chi connectivity index (χ0n) is 11.6.